The van der Waals surface area contributed by atoms with Crippen LogP contribution in [0.3, 0.4) is 0 Å². The second-order valence-electron chi connectivity index (χ2n) is 8.14. The first-order valence-corrected chi connectivity index (χ1v) is 10.7. The van der Waals surface area contributed by atoms with Gasteiger partial charge in [0, 0.05) is 33.2 Å². The number of fused-ring (bicyclic) bond motifs is 1. The number of aromatic nitrogens is 3. The van der Waals surface area contributed by atoms with Gasteiger partial charge in [0.25, 0.3) is 0 Å². The van der Waals surface area contributed by atoms with Crippen molar-refractivity contribution in [3.8, 4) is 11.3 Å². The average molecular weight is 405 g/mol. The lowest BCUT2D eigenvalue weighted by atomic mass is 10.1. The maximum absolute atomic E-state index is 5.49. The topological polar surface area (TPSA) is 102 Å². The molecule has 0 radical (unpaired) electrons. The number of nitrogens with two attached hydrogens (primary N) is 2. The molecule has 2 aliphatic rings. The van der Waals surface area contributed by atoms with E-state index in [1.54, 1.807) is 0 Å². The largest absolute Gasteiger partial charge is 0.370 e. The lowest BCUT2D eigenvalue weighted by molar-refractivity contribution is 0.870. The summed E-state index contributed by atoms with van der Waals surface area (Å²) in [5.74, 6) is 1.99. The van der Waals surface area contributed by atoms with Gasteiger partial charge in [0.2, 0.25) is 5.95 Å². The third-order valence-electron chi connectivity index (χ3n) is 6.07. The van der Waals surface area contributed by atoms with Crippen LogP contribution in [0.25, 0.3) is 22.3 Å². The molecule has 2 saturated heterocycles. The summed E-state index contributed by atoms with van der Waals surface area (Å²) in [5, 5.41) is 1.12. The average Bonchev–Trinajstić information content (AvgIpc) is 3.50. The molecule has 0 unspecified atom stereocenters. The zero-order valence-electron chi connectivity index (χ0n) is 17.4. The van der Waals surface area contributed by atoms with Gasteiger partial charge in [0.15, 0.2) is 5.96 Å². The number of anilines is 2. The minimum atomic E-state index is 0.0623. The van der Waals surface area contributed by atoms with Crippen LogP contribution in [0.4, 0.5) is 17.5 Å². The minimum absolute atomic E-state index is 0.0623. The van der Waals surface area contributed by atoms with Crippen molar-refractivity contribution in [2.24, 2.45) is 23.5 Å². The maximum atomic E-state index is 5.49. The molecule has 2 fully saturated rings. The Kier molecular flexibility index (Phi) is 4.69. The quantitative estimate of drug-likeness (QED) is 0.512. The second-order valence-corrected chi connectivity index (χ2v) is 8.14. The molecule has 0 bridgehead atoms. The molecular weight excluding hydrogens is 376 g/mol. The first-order valence-electron chi connectivity index (χ1n) is 10.7. The second kappa shape index (κ2) is 7.51. The molecule has 156 valence electrons. The normalized spacial score (nSPS) is 16.6. The van der Waals surface area contributed by atoms with E-state index in [0.29, 0.717) is 0 Å². The summed E-state index contributed by atoms with van der Waals surface area (Å²) in [5.41, 5.74) is 14.9. The van der Waals surface area contributed by atoms with Gasteiger partial charge < -0.3 is 25.8 Å². The van der Waals surface area contributed by atoms with Crippen LogP contribution in [0.2, 0.25) is 0 Å². The lowest BCUT2D eigenvalue weighted by Gasteiger charge is -2.21. The molecule has 0 atom stereocenters. The Labute approximate surface area is 176 Å². The Bertz CT molecular complexity index is 1080. The lowest BCUT2D eigenvalue weighted by Crippen LogP contribution is -2.24. The molecule has 2 aromatic heterocycles. The van der Waals surface area contributed by atoms with E-state index in [0.717, 1.165) is 65.9 Å². The summed E-state index contributed by atoms with van der Waals surface area (Å²) >= 11 is 0. The number of guanidine groups is 1. The number of aryl methyl sites for hydroxylation is 1. The highest BCUT2D eigenvalue weighted by atomic mass is 15.3. The Balaban J connectivity index is 1.62. The van der Waals surface area contributed by atoms with Crippen LogP contribution in [0, 0.1) is 0 Å². The third-order valence-corrected chi connectivity index (χ3v) is 6.07. The number of hydrogen-bond donors (Lipinski definition) is 2. The fraction of sp³-hybridized carbons (Fsp3) is 0.409. The van der Waals surface area contributed by atoms with E-state index in [2.05, 4.69) is 32.5 Å². The van der Waals surface area contributed by atoms with Gasteiger partial charge in [0.1, 0.15) is 11.5 Å². The Morgan fingerprint density at radius 3 is 2.17 bits per heavy atom. The van der Waals surface area contributed by atoms with Crippen LogP contribution >= 0.6 is 0 Å². The minimum Gasteiger partial charge on any atom is -0.370 e. The van der Waals surface area contributed by atoms with Gasteiger partial charge in [-0.15, -0.1) is 0 Å². The van der Waals surface area contributed by atoms with Crippen molar-refractivity contribution in [2.45, 2.75) is 25.7 Å². The predicted molar refractivity (Wildman–Crippen MR) is 122 cm³/mol. The highest BCUT2D eigenvalue weighted by Gasteiger charge is 2.24. The van der Waals surface area contributed by atoms with E-state index in [-0.39, 0.29) is 5.96 Å². The third kappa shape index (κ3) is 3.32. The monoisotopic (exact) mass is 404 g/mol. The van der Waals surface area contributed by atoms with E-state index in [9.17, 15) is 0 Å². The Hall–Kier alpha value is -3.29. The molecule has 3 aromatic rings. The molecule has 1 aromatic carbocycles. The molecular formula is C22H28N8. The SMILES string of the molecule is Cn1c(-c2ccc(N=C(N)N)cc2)cc2c(N3CCCC3)nc(N3CCCC3)nc21. The van der Waals surface area contributed by atoms with Crippen molar-refractivity contribution in [2.75, 3.05) is 36.0 Å². The van der Waals surface area contributed by atoms with Crippen molar-refractivity contribution in [3.05, 3.63) is 30.3 Å². The van der Waals surface area contributed by atoms with Gasteiger partial charge >= 0.3 is 0 Å². The van der Waals surface area contributed by atoms with Gasteiger partial charge in [0.05, 0.1) is 16.8 Å². The van der Waals surface area contributed by atoms with Gasteiger partial charge in [-0.05, 0) is 49.4 Å². The molecule has 8 heteroatoms. The molecule has 8 nitrogen and oxygen atoms in total. The number of aliphatic imine (C=N–C) groups is 1. The smallest absolute Gasteiger partial charge is 0.229 e. The van der Waals surface area contributed by atoms with Crippen molar-refractivity contribution in [1.29, 1.82) is 0 Å². The van der Waals surface area contributed by atoms with Crippen LogP contribution in [0.5, 0.6) is 0 Å². The summed E-state index contributed by atoms with van der Waals surface area (Å²) < 4.78 is 2.17. The van der Waals surface area contributed by atoms with Crippen molar-refractivity contribution < 1.29 is 0 Å². The highest BCUT2D eigenvalue weighted by molar-refractivity contribution is 5.94. The Morgan fingerprint density at radius 2 is 1.53 bits per heavy atom. The molecule has 5 rings (SSSR count). The highest BCUT2D eigenvalue weighted by Crippen LogP contribution is 2.35. The van der Waals surface area contributed by atoms with Crippen LogP contribution < -0.4 is 21.3 Å². The molecule has 0 saturated carbocycles. The fourth-order valence-electron chi connectivity index (χ4n) is 4.53. The zero-order valence-corrected chi connectivity index (χ0v) is 17.4. The standard InChI is InChI=1S/C22H28N8/c1-28-18(15-6-8-16(9-7-15)25-21(23)24)14-17-19(28)26-22(30-12-4-5-13-30)27-20(17)29-10-2-3-11-29/h6-9,14H,2-5,10-13H2,1H3,(H4,23,24,25). The van der Waals surface area contributed by atoms with E-state index < -0.39 is 0 Å². The molecule has 0 amide bonds. The molecule has 4 heterocycles. The molecule has 0 aliphatic carbocycles. The van der Waals surface area contributed by atoms with Crippen LogP contribution in [-0.2, 0) is 7.05 Å². The van der Waals surface area contributed by atoms with Gasteiger partial charge in [-0.1, -0.05) is 12.1 Å². The van der Waals surface area contributed by atoms with Crippen molar-refractivity contribution in [3.63, 3.8) is 0 Å². The van der Waals surface area contributed by atoms with Gasteiger partial charge in [-0.2, -0.15) is 9.97 Å². The van der Waals surface area contributed by atoms with Crippen LogP contribution in [0.15, 0.2) is 35.3 Å². The molecule has 2 aliphatic heterocycles. The summed E-state index contributed by atoms with van der Waals surface area (Å²) in [6, 6.07) is 10.2. The fourth-order valence-corrected chi connectivity index (χ4v) is 4.53. The van der Waals surface area contributed by atoms with Crippen LogP contribution in [0.1, 0.15) is 25.7 Å². The number of rotatable bonds is 4. The summed E-state index contributed by atoms with van der Waals surface area (Å²) in [4.78, 5) is 18.9. The first-order chi connectivity index (χ1) is 14.6. The number of nitrogens with zero attached hydrogens (tertiary/aromatic N) is 6. The predicted octanol–water partition coefficient (Wildman–Crippen LogP) is 2.74. The number of hydrogen-bond acceptors (Lipinski definition) is 5. The van der Waals surface area contributed by atoms with E-state index in [1.807, 2.05) is 24.3 Å². The van der Waals surface area contributed by atoms with E-state index >= 15 is 0 Å². The van der Waals surface area contributed by atoms with Crippen molar-refractivity contribution >= 4 is 34.4 Å². The molecule has 30 heavy (non-hydrogen) atoms. The van der Waals surface area contributed by atoms with Gasteiger partial charge in [-0.25, -0.2) is 4.99 Å². The Morgan fingerprint density at radius 1 is 0.900 bits per heavy atom. The summed E-state index contributed by atoms with van der Waals surface area (Å²) in [6.07, 6.45) is 4.86. The maximum Gasteiger partial charge on any atom is 0.229 e. The van der Waals surface area contributed by atoms with Gasteiger partial charge in [-0.3, -0.25) is 0 Å². The molecule has 0 spiro atoms. The van der Waals surface area contributed by atoms with Crippen molar-refractivity contribution in [1.82, 2.24) is 14.5 Å². The summed E-state index contributed by atoms with van der Waals surface area (Å²) in [7, 11) is 2.08. The van der Waals surface area contributed by atoms with E-state index in [1.165, 1.54) is 25.7 Å². The van der Waals surface area contributed by atoms with Crippen LogP contribution in [-0.4, -0.2) is 46.7 Å². The number of benzene rings is 1. The zero-order chi connectivity index (χ0) is 20.7. The molecule has 4 N–H and O–H groups in total. The van der Waals surface area contributed by atoms with E-state index in [4.69, 9.17) is 21.4 Å². The summed E-state index contributed by atoms with van der Waals surface area (Å²) in [6.45, 7) is 4.19. The first kappa shape index (κ1) is 18.7.